The van der Waals surface area contributed by atoms with Crippen LogP contribution in [0.1, 0.15) is 17.9 Å². The summed E-state index contributed by atoms with van der Waals surface area (Å²) in [6.07, 6.45) is -5.33. The van der Waals surface area contributed by atoms with Crippen LogP contribution in [0, 0.1) is 0 Å². The lowest BCUT2D eigenvalue weighted by Gasteiger charge is -2.15. The fourth-order valence-electron chi connectivity index (χ4n) is 1.46. The van der Waals surface area contributed by atoms with E-state index in [1.807, 2.05) is 0 Å². The van der Waals surface area contributed by atoms with Crippen LogP contribution in [0.2, 0.25) is 5.02 Å². The summed E-state index contributed by atoms with van der Waals surface area (Å²) in [4.78, 5) is 22.3. The number of carbonyl (C=O) groups excluding carboxylic acids is 1. The van der Waals surface area contributed by atoms with Crippen LogP contribution >= 0.6 is 11.6 Å². The Labute approximate surface area is 117 Å². The lowest BCUT2D eigenvalue weighted by Crippen LogP contribution is -2.25. The SMILES string of the molecule is O=C(O)C[C@@H](C(=O)OCC(F)(F)F)c1ccc(Cl)cc1. The van der Waals surface area contributed by atoms with Crippen molar-refractivity contribution in [2.75, 3.05) is 6.61 Å². The summed E-state index contributed by atoms with van der Waals surface area (Å²) in [5.41, 5.74) is 0.226. The lowest BCUT2D eigenvalue weighted by atomic mass is 9.96. The highest BCUT2D eigenvalue weighted by molar-refractivity contribution is 6.30. The summed E-state index contributed by atoms with van der Waals surface area (Å²) in [6.45, 7) is -1.75. The Kier molecular flexibility index (Phi) is 5.38. The second-order valence-electron chi connectivity index (χ2n) is 3.92. The van der Waals surface area contributed by atoms with Gasteiger partial charge in [-0.2, -0.15) is 13.2 Å². The summed E-state index contributed by atoms with van der Waals surface area (Å²) in [7, 11) is 0. The smallest absolute Gasteiger partial charge is 0.422 e. The minimum Gasteiger partial charge on any atom is -0.481 e. The third-order valence-electron chi connectivity index (χ3n) is 2.31. The summed E-state index contributed by atoms with van der Waals surface area (Å²) in [6, 6.07) is 5.54. The molecule has 1 atom stereocenters. The van der Waals surface area contributed by atoms with Gasteiger partial charge in [-0.05, 0) is 17.7 Å². The Balaban J connectivity index is 2.86. The molecule has 8 heteroatoms. The predicted octanol–water partition coefficient (Wildman–Crippen LogP) is 3.00. The normalized spacial score (nSPS) is 12.8. The molecule has 20 heavy (non-hydrogen) atoms. The first-order chi connectivity index (χ1) is 9.19. The van der Waals surface area contributed by atoms with Crippen LogP contribution in [0.3, 0.4) is 0 Å². The molecule has 0 amide bonds. The first kappa shape index (κ1) is 16.3. The lowest BCUT2D eigenvalue weighted by molar-refractivity contribution is -0.187. The van der Waals surface area contributed by atoms with Gasteiger partial charge in [-0.1, -0.05) is 23.7 Å². The third-order valence-corrected chi connectivity index (χ3v) is 2.57. The van der Waals surface area contributed by atoms with Gasteiger partial charge in [0.1, 0.15) is 0 Å². The first-order valence-electron chi connectivity index (χ1n) is 5.39. The standard InChI is InChI=1S/C12H10ClF3O4/c13-8-3-1-7(2-4-8)9(5-10(17)18)11(19)20-6-12(14,15)16/h1-4,9H,5-6H2,(H,17,18)/t9-/m1/s1. The molecule has 0 radical (unpaired) electrons. The molecule has 0 saturated carbocycles. The number of hydrogen-bond donors (Lipinski definition) is 1. The van der Waals surface area contributed by atoms with E-state index in [1.54, 1.807) is 0 Å². The molecule has 4 nitrogen and oxygen atoms in total. The predicted molar refractivity (Wildman–Crippen MR) is 63.5 cm³/mol. The van der Waals surface area contributed by atoms with Gasteiger partial charge in [0.05, 0.1) is 12.3 Å². The average molecular weight is 311 g/mol. The largest absolute Gasteiger partial charge is 0.481 e. The van der Waals surface area contributed by atoms with Crippen molar-refractivity contribution in [1.29, 1.82) is 0 Å². The average Bonchev–Trinajstić information content (AvgIpc) is 2.33. The highest BCUT2D eigenvalue weighted by Gasteiger charge is 2.32. The van der Waals surface area contributed by atoms with Crippen molar-refractivity contribution in [3.8, 4) is 0 Å². The fourth-order valence-corrected chi connectivity index (χ4v) is 1.59. The minimum absolute atomic E-state index is 0.226. The van der Waals surface area contributed by atoms with E-state index in [0.29, 0.717) is 5.02 Å². The molecule has 0 unspecified atom stereocenters. The Bertz CT molecular complexity index is 484. The van der Waals surface area contributed by atoms with Crippen LogP contribution in [0.15, 0.2) is 24.3 Å². The summed E-state index contributed by atoms with van der Waals surface area (Å²) in [5, 5.41) is 9.07. The van der Waals surface area contributed by atoms with Gasteiger partial charge in [-0.15, -0.1) is 0 Å². The zero-order chi connectivity index (χ0) is 15.3. The molecule has 0 fully saturated rings. The van der Waals surface area contributed by atoms with Crippen molar-refractivity contribution in [3.63, 3.8) is 0 Å². The molecule has 1 aromatic carbocycles. The van der Waals surface area contributed by atoms with E-state index in [2.05, 4.69) is 4.74 Å². The molecule has 1 rings (SSSR count). The number of halogens is 4. The number of esters is 1. The molecule has 0 aliphatic carbocycles. The molecule has 1 N–H and O–H groups in total. The number of ether oxygens (including phenoxy) is 1. The van der Waals surface area contributed by atoms with E-state index >= 15 is 0 Å². The minimum atomic E-state index is -4.66. The maximum Gasteiger partial charge on any atom is 0.422 e. The molecular formula is C12H10ClF3O4. The molecule has 0 aromatic heterocycles. The summed E-state index contributed by atoms with van der Waals surface area (Å²) in [5.74, 6) is -3.88. The number of hydrogen-bond acceptors (Lipinski definition) is 3. The van der Waals surface area contributed by atoms with Crippen LogP contribution in [0.4, 0.5) is 13.2 Å². The quantitative estimate of drug-likeness (QED) is 0.849. The second-order valence-corrected chi connectivity index (χ2v) is 4.36. The van der Waals surface area contributed by atoms with Crippen molar-refractivity contribution in [2.45, 2.75) is 18.5 Å². The third kappa shape index (κ3) is 5.48. The van der Waals surface area contributed by atoms with Crippen LogP contribution in [-0.2, 0) is 14.3 Å². The zero-order valence-corrected chi connectivity index (χ0v) is 10.7. The fraction of sp³-hybridized carbons (Fsp3) is 0.333. The molecule has 0 aliphatic heterocycles. The Morgan fingerprint density at radius 1 is 1.25 bits per heavy atom. The molecule has 0 saturated heterocycles. The monoisotopic (exact) mass is 310 g/mol. The Hall–Kier alpha value is -1.76. The molecule has 0 spiro atoms. The van der Waals surface area contributed by atoms with Gasteiger partial charge in [0, 0.05) is 5.02 Å². The molecule has 1 aromatic rings. The molecule has 0 bridgehead atoms. The summed E-state index contributed by atoms with van der Waals surface area (Å²) < 4.78 is 40.1. The van der Waals surface area contributed by atoms with Crippen LogP contribution in [0.25, 0.3) is 0 Å². The van der Waals surface area contributed by atoms with Gasteiger partial charge < -0.3 is 9.84 Å². The molecule has 0 aliphatic rings. The van der Waals surface area contributed by atoms with Gasteiger partial charge in [0.15, 0.2) is 6.61 Å². The second kappa shape index (κ2) is 6.60. The van der Waals surface area contributed by atoms with Crippen molar-refractivity contribution in [3.05, 3.63) is 34.9 Å². The van der Waals surface area contributed by atoms with E-state index in [-0.39, 0.29) is 5.56 Å². The highest BCUT2D eigenvalue weighted by Crippen LogP contribution is 2.24. The van der Waals surface area contributed by atoms with Gasteiger partial charge >= 0.3 is 18.1 Å². The number of aliphatic carboxylic acids is 1. The summed E-state index contributed by atoms with van der Waals surface area (Å²) >= 11 is 5.64. The van der Waals surface area contributed by atoms with E-state index in [0.717, 1.165) is 0 Å². The number of benzene rings is 1. The van der Waals surface area contributed by atoms with Crippen LogP contribution < -0.4 is 0 Å². The Morgan fingerprint density at radius 2 is 1.80 bits per heavy atom. The van der Waals surface area contributed by atoms with E-state index in [9.17, 15) is 22.8 Å². The van der Waals surface area contributed by atoms with E-state index < -0.39 is 37.1 Å². The first-order valence-corrected chi connectivity index (χ1v) is 5.77. The van der Waals surface area contributed by atoms with Crippen molar-refractivity contribution >= 4 is 23.5 Å². The van der Waals surface area contributed by atoms with Gasteiger partial charge in [-0.3, -0.25) is 9.59 Å². The van der Waals surface area contributed by atoms with E-state index in [4.69, 9.17) is 16.7 Å². The molecule has 0 heterocycles. The zero-order valence-electron chi connectivity index (χ0n) is 9.98. The number of alkyl halides is 3. The topological polar surface area (TPSA) is 63.6 Å². The number of carboxylic acids is 1. The van der Waals surface area contributed by atoms with Crippen molar-refractivity contribution in [2.24, 2.45) is 0 Å². The van der Waals surface area contributed by atoms with E-state index in [1.165, 1.54) is 24.3 Å². The Morgan fingerprint density at radius 3 is 2.25 bits per heavy atom. The van der Waals surface area contributed by atoms with Gasteiger partial charge in [0.25, 0.3) is 0 Å². The maximum absolute atomic E-state index is 12.0. The number of carboxylic acid groups (broad SMARTS) is 1. The highest BCUT2D eigenvalue weighted by atomic mass is 35.5. The molecular weight excluding hydrogens is 301 g/mol. The van der Waals surface area contributed by atoms with Crippen molar-refractivity contribution in [1.82, 2.24) is 0 Å². The maximum atomic E-state index is 12.0. The molecule has 110 valence electrons. The van der Waals surface area contributed by atoms with Gasteiger partial charge in [0.2, 0.25) is 0 Å². The van der Waals surface area contributed by atoms with Crippen LogP contribution in [-0.4, -0.2) is 29.8 Å². The van der Waals surface area contributed by atoms with Crippen molar-refractivity contribution < 1.29 is 32.6 Å². The van der Waals surface area contributed by atoms with Gasteiger partial charge in [-0.25, -0.2) is 0 Å². The van der Waals surface area contributed by atoms with Crippen LogP contribution in [0.5, 0.6) is 0 Å². The number of carbonyl (C=O) groups is 2. The number of rotatable bonds is 5.